The highest BCUT2D eigenvalue weighted by Gasteiger charge is 2.27. The first-order valence-electron chi connectivity index (χ1n) is 10.1. The zero-order valence-electron chi connectivity index (χ0n) is 16.5. The van der Waals surface area contributed by atoms with Gasteiger partial charge >= 0.3 is 0 Å². The Kier molecular flexibility index (Phi) is 8.70. The zero-order chi connectivity index (χ0) is 19.2. The molecule has 0 aliphatic carbocycles. The van der Waals surface area contributed by atoms with Gasteiger partial charge in [0.05, 0.1) is 5.56 Å². The molecule has 2 heterocycles. The van der Waals surface area contributed by atoms with E-state index in [2.05, 4.69) is 12.2 Å². The number of benzene rings is 1. The van der Waals surface area contributed by atoms with Crippen molar-refractivity contribution in [2.75, 3.05) is 39.3 Å². The van der Waals surface area contributed by atoms with Gasteiger partial charge in [-0.15, -0.1) is 12.4 Å². The second kappa shape index (κ2) is 10.8. The molecule has 2 saturated heterocycles. The Labute approximate surface area is 173 Å². The van der Waals surface area contributed by atoms with E-state index in [0.717, 1.165) is 32.4 Å². The van der Waals surface area contributed by atoms with E-state index < -0.39 is 5.82 Å². The number of hydrogen-bond acceptors (Lipinski definition) is 3. The van der Waals surface area contributed by atoms with E-state index in [9.17, 15) is 14.0 Å². The average molecular weight is 412 g/mol. The summed E-state index contributed by atoms with van der Waals surface area (Å²) in [6, 6.07) is 6.08. The zero-order valence-corrected chi connectivity index (χ0v) is 17.3. The second-order valence-electron chi connectivity index (χ2n) is 7.78. The molecule has 0 bridgehead atoms. The van der Waals surface area contributed by atoms with Crippen molar-refractivity contribution in [3.05, 3.63) is 35.6 Å². The predicted octanol–water partition coefficient (Wildman–Crippen LogP) is 2.95. The molecular formula is C21H31ClFN3O2. The van der Waals surface area contributed by atoms with Gasteiger partial charge in [-0.25, -0.2) is 4.39 Å². The lowest BCUT2D eigenvalue weighted by Crippen LogP contribution is -2.39. The Morgan fingerprint density at radius 2 is 1.75 bits per heavy atom. The van der Waals surface area contributed by atoms with E-state index in [4.69, 9.17) is 0 Å². The highest BCUT2D eigenvalue weighted by Crippen LogP contribution is 2.25. The van der Waals surface area contributed by atoms with E-state index in [1.165, 1.54) is 12.1 Å². The first-order valence-corrected chi connectivity index (χ1v) is 10.1. The van der Waals surface area contributed by atoms with Crippen LogP contribution in [0.4, 0.5) is 4.39 Å². The molecule has 1 atom stereocenters. The van der Waals surface area contributed by atoms with Crippen molar-refractivity contribution in [3.8, 4) is 0 Å². The van der Waals surface area contributed by atoms with E-state index in [1.807, 2.05) is 4.90 Å². The number of nitrogens with zero attached hydrogens (tertiary/aromatic N) is 2. The molecule has 2 fully saturated rings. The number of rotatable bonds is 4. The molecule has 7 heteroatoms. The molecule has 156 valence electrons. The highest BCUT2D eigenvalue weighted by atomic mass is 35.5. The second-order valence-corrected chi connectivity index (χ2v) is 7.78. The van der Waals surface area contributed by atoms with Crippen LogP contribution in [0.15, 0.2) is 24.3 Å². The standard InChI is InChI=1S/C21H30FN3O2.ClH/c1-16(17-7-9-23-10-8-17)15-20(26)24-11-4-12-25(14-13-24)21(27)18-5-2-3-6-19(18)22;/h2-3,5-6,16-17,23H,4,7-15H2,1H3;1H. The number of nitrogens with one attached hydrogen (secondary N) is 1. The molecule has 0 aromatic heterocycles. The average Bonchev–Trinajstić information content (AvgIpc) is 2.95. The first-order chi connectivity index (χ1) is 13.1. The fraction of sp³-hybridized carbons (Fsp3) is 0.619. The van der Waals surface area contributed by atoms with Gasteiger partial charge in [0, 0.05) is 32.6 Å². The quantitative estimate of drug-likeness (QED) is 0.828. The first kappa shape index (κ1) is 22.6. The van der Waals surface area contributed by atoms with Crippen molar-refractivity contribution in [2.45, 2.75) is 32.6 Å². The number of carbonyl (C=O) groups is 2. The molecule has 1 aromatic carbocycles. The fourth-order valence-corrected chi connectivity index (χ4v) is 4.16. The van der Waals surface area contributed by atoms with E-state index in [-0.39, 0.29) is 29.8 Å². The van der Waals surface area contributed by atoms with Crippen LogP contribution < -0.4 is 5.32 Å². The maximum absolute atomic E-state index is 13.9. The summed E-state index contributed by atoms with van der Waals surface area (Å²) in [5.74, 6) is 0.405. The number of amides is 2. The van der Waals surface area contributed by atoms with Gasteiger partial charge in [0.15, 0.2) is 0 Å². The van der Waals surface area contributed by atoms with Gasteiger partial charge in [0.25, 0.3) is 5.91 Å². The molecule has 1 N–H and O–H groups in total. The molecule has 2 amide bonds. The molecule has 3 rings (SSSR count). The predicted molar refractivity (Wildman–Crippen MR) is 110 cm³/mol. The Bertz CT molecular complexity index is 667. The van der Waals surface area contributed by atoms with Gasteiger partial charge in [-0.2, -0.15) is 0 Å². The minimum atomic E-state index is -0.490. The monoisotopic (exact) mass is 411 g/mol. The summed E-state index contributed by atoms with van der Waals surface area (Å²) in [6.07, 6.45) is 3.58. The Morgan fingerprint density at radius 1 is 1.11 bits per heavy atom. The summed E-state index contributed by atoms with van der Waals surface area (Å²) in [5, 5.41) is 3.37. The maximum atomic E-state index is 13.9. The molecule has 2 aliphatic rings. The molecule has 0 spiro atoms. The Balaban J connectivity index is 0.00000280. The van der Waals surface area contributed by atoms with Crippen LogP contribution in [0.1, 0.15) is 43.0 Å². The molecule has 28 heavy (non-hydrogen) atoms. The summed E-state index contributed by atoms with van der Waals surface area (Å²) in [7, 11) is 0. The number of halogens is 2. The van der Waals surface area contributed by atoms with Crippen molar-refractivity contribution >= 4 is 24.2 Å². The third-order valence-corrected chi connectivity index (χ3v) is 5.93. The van der Waals surface area contributed by atoms with Crippen molar-refractivity contribution in [1.29, 1.82) is 0 Å². The fourth-order valence-electron chi connectivity index (χ4n) is 4.16. The Morgan fingerprint density at radius 3 is 2.46 bits per heavy atom. The Hall–Kier alpha value is -1.66. The van der Waals surface area contributed by atoms with Crippen molar-refractivity contribution in [3.63, 3.8) is 0 Å². The van der Waals surface area contributed by atoms with Crippen LogP contribution in [0, 0.1) is 17.7 Å². The summed E-state index contributed by atoms with van der Waals surface area (Å²) < 4.78 is 13.9. The molecule has 1 aromatic rings. The van der Waals surface area contributed by atoms with Crippen LogP contribution in [-0.4, -0.2) is 60.9 Å². The van der Waals surface area contributed by atoms with Gasteiger partial charge in [0.2, 0.25) is 5.91 Å². The minimum Gasteiger partial charge on any atom is -0.341 e. The van der Waals surface area contributed by atoms with E-state index in [1.54, 1.807) is 17.0 Å². The lowest BCUT2D eigenvalue weighted by Gasteiger charge is -2.30. The normalized spacial score (nSPS) is 19.5. The van der Waals surface area contributed by atoms with Crippen LogP contribution in [0.25, 0.3) is 0 Å². The SMILES string of the molecule is CC(CC(=O)N1CCCN(C(=O)c2ccccc2F)CC1)C1CCNCC1.Cl. The highest BCUT2D eigenvalue weighted by molar-refractivity contribution is 5.94. The third-order valence-electron chi connectivity index (χ3n) is 5.93. The lowest BCUT2D eigenvalue weighted by molar-refractivity contribution is -0.132. The number of carbonyl (C=O) groups excluding carboxylic acids is 2. The molecule has 2 aliphatic heterocycles. The van der Waals surface area contributed by atoms with Gasteiger partial charge in [-0.3, -0.25) is 9.59 Å². The van der Waals surface area contributed by atoms with Gasteiger partial charge in [-0.05, 0) is 56.3 Å². The molecule has 0 radical (unpaired) electrons. The summed E-state index contributed by atoms with van der Waals surface area (Å²) in [6.45, 7) is 6.47. The summed E-state index contributed by atoms with van der Waals surface area (Å²) in [4.78, 5) is 28.9. The smallest absolute Gasteiger partial charge is 0.256 e. The number of hydrogen-bond donors (Lipinski definition) is 1. The lowest BCUT2D eigenvalue weighted by atomic mass is 9.84. The van der Waals surface area contributed by atoms with Crippen LogP contribution >= 0.6 is 12.4 Å². The van der Waals surface area contributed by atoms with E-state index in [0.29, 0.717) is 44.4 Å². The number of piperidine rings is 1. The minimum absolute atomic E-state index is 0. The van der Waals surface area contributed by atoms with Gasteiger partial charge < -0.3 is 15.1 Å². The van der Waals surface area contributed by atoms with Crippen LogP contribution in [0.3, 0.4) is 0 Å². The summed E-state index contributed by atoms with van der Waals surface area (Å²) in [5.41, 5.74) is 0.108. The maximum Gasteiger partial charge on any atom is 0.256 e. The molecule has 5 nitrogen and oxygen atoms in total. The molecule has 0 saturated carbocycles. The van der Waals surface area contributed by atoms with Crippen molar-refractivity contribution < 1.29 is 14.0 Å². The summed E-state index contributed by atoms with van der Waals surface area (Å²) >= 11 is 0. The van der Waals surface area contributed by atoms with Crippen molar-refractivity contribution in [2.24, 2.45) is 11.8 Å². The topological polar surface area (TPSA) is 52.7 Å². The van der Waals surface area contributed by atoms with Gasteiger partial charge in [-0.1, -0.05) is 19.1 Å². The molecular weight excluding hydrogens is 381 g/mol. The van der Waals surface area contributed by atoms with Crippen molar-refractivity contribution in [1.82, 2.24) is 15.1 Å². The van der Waals surface area contributed by atoms with Gasteiger partial charge in [0.1, 0.15) is 5.82 Å². The largest absolute Gasteiger partial charge is 0.341 e. The molecule has 1 unspecified atom stereocenters. The van der Waals surface area contributed by atoms with E-state index >= 15 is 0 Å². The third kappa shape index (κ3) is 5.67. The van der Waals surface area contributed by atoms with Crippen LogP contribution in [0.2, 0.25) is 0 Å². The van der Waals surface area contributed by atoms with Crippen LogP contribution in [0.5, 0.6) is 0 Å². The van der Waals surface area contributed by atoms with Crippen LogP contribution in [-0.2, 0) is 4.79 Å².